The average molecular weight is 282 g/mol. The Hall–Kier alpha value is -2.18. The third-order valence-corrected chi connectivity index (χ3v) is 3.13. The van der Waals surface area contributed by atoms with E-state index in [4.69, 9.17) is 4.74 Å². The Bertz CT molecular complexity index is 531. The summed E-state index contributed by atoms with van der Waals surface area (Å²) in [7, 11) is 0. The molecule has 20 heavy (non-hydrogen) atoms. The van der Waals surface area contributed by atoms with E-state index in [0.717, 1.165) is 25.0 Å². The normalized spacial score (nSPS) is 13.9. The zero-order valence-electron chi connectivity index (χ0n) is 11.0. The average Bonchev–Trinajstić information content (AvgIpc) is 3.21. The largest absolute Gasteiger partial charge is 0.484 e. The van der Waals surface area contributed by atoms with Crippen molar-refractivity contribution in [3.63, 3.8) is 0 Å². The number of rotatable bonds is 6. The molecule has 0 saturated heterocycles. The van der Waals surface area contributed by atoms with E-state index in [0.29, 0.717) is 12.6 Å². The summed E-state index contributed by atoms with van der Waals surface area (Å²) < 4.78 is 18.6. The minimum absolute atomic E-state index is 0.105. The van der Waals surface area contributed by atoms with Gasteiger partial charge < -0.3 is 9.64 Å². The fourth-order valence-corrected chi connectivity index (χ4v) is 1.98. The number of likely N-dealkylation sites (N-methyl/N-ethyl adjacent to an activating group) is 1. The molecule has 6 nitrogen and oxygen atoms in total. The van der Waals surface area contributed by atoms with E-state index in [1.54, 1.807) is 4.90 Å². The molecular formula is C13H15FN2O4. The van der Waals surface area contributed by atoms with Crippen LogP contribution in [0.3, 0.4) is 0 Å². The van der Waals surface area contributed by atoms with E-state index in [-0.39, 0.29) is 18.3 Å². The second kappa shape index (κ2) is 5.85. The van der Waals surface area contributed by atoms with Crippen LogP contribution in [-0.4, -0.2) is 34.9 Å². The first-order chi connectivity index (χ1) is 9.52. The Morgan fingerprint density at radius 1 is 1.55 bits per heavy atom. The highest BCUT2D eigenvalue weighted by Crippen LogP contribution is 2.27. The quantitative estimate of drug-likeness (QED) is 0.592. The van der Waals surface area contributed by atoms with Crippen molar-refractivity contribution >= 4 is 11.6 Å². The molecule has 1 fully saturated rings. The standard InChI is InChI=1S/C13H15FN2O4/c1-2-15(9-3-4-9)13(17)8-20-10-5-6-12(16(18)19)11(14)7-10/h5-7,9H,2-4,8H2,1H3. The lowest BCUT2D eigenvalue weighted by molar-refractivity contribution is -0.387. The summed E-state index contributed by atoms with van der Waals surface area (Å²) in [6.45, 7) is 2.31. The van der Waals surface area contributed by atoms with Crippen molar-refractivity contribution in [3.05, 3.63) is 34.1 Å². The third kappa shape index (κ3) is 3.23. The Labute approximate surface area is 115 Å². The summed E-state index contributed by atoms with van der Waals surface area (Å²) in [6.07, 6.45) is 2.01. The molecule has 108 valence electrons. The molecule has 0 atom stereocenters. The lowest BCUT2D eigenvalue weighted by Gasteiger charge is -2.20. The van der Waals surface area contributed by atoms with Crippen LogP contribution in [0.4, 0.5) is 10.1 Å². The van der Waals surface area contributed by atoms with Crippen molar-refractivity contribution in [1.82, 2.24) is 4.90 Å². The molecular weight excluding hydrogens is 267 g/mol. The lowest BCUT2D eigenvalue weighted by atomic mass is 10.3. The van der Waals surface area contributed by atoms with Crippen molar-refractivity contribution in [2.75, 3.05) is 13.2 Å². The van der Waals surface area contributed by atoms with Gasteiger partial charge in [0.15, 0.2) is 6.61 Å². The Morgan fingerprint density at radius 2 is 2.25 bits per heavy atom. The van der Waals surface area contributed by atoms with Gasteiger partial charge in [0.1, 0.15) is 5.75 Å². The number of nitro groups is 1. The van der Waals surface area contributed by atoms with Crippen LogP contribution in [0.5, 0.6) is 5.75 Å². The first kappa shape index (κ1) is 14.2. The number of carbonyl (C=O) groups is 1. The van der Waals surface area contributed by atoms with E-state index >= 15 is 0 Å². The van der Waals surface area contributed by atoms with Gasteiger partial charge in [0.05, 0.1) is 4.92 Å². The van der Waals surface area contributed by atoms with Crippen LogP contribution in [0.25, 0.3) is 0 Å². The molecule has 7 heteroatoms. The van der Waals surface area contributed by atoms with Crippen LogP contribution >= 0.6 is 0 Å². The van der Waals surface area contributed by atoms with Gasteiger partial charge in [0.2, 0.25) is 5.82 Å². The summed E-state index contributed by atoms with van der Waals surface area (Å²) in [5.41, 5.74) is -0.614. The molecule has 1 aromatic rings. The molecule has 1 aliphatic carbocycles. The Balaban J connectivity index is 1.95. The zero-order valence-corrected chi connectivity index (χ0v) is 11.0. The van der Waals surface area contributed by atoms with Gasteiger partial charge in [0, 0.05) is 24.7 Å². The van der Waals surface area contributed by atoms with E-state index in [9.17, 15) is 19.3 Å². The third-order valence-electron chi connectivity index (χ3n) is 3.13. The number of hydrogen-bond donors (Lipinski definition) is 0. The number of benzene rings is 1. The Morgan fingerprint density at radius 3 is 2.75 bits per heavy atom. The van der Waals surface area contributed by atoms with Crippen molar-refractivity contribution < 1.29 is 18.8 Å². The van der Waals surface area contributed by atoms with Crippen LogP contribution in [0, 0.1) is 15.9 Å². The number of ether oxygens (including phenoxy) is 1. The van der Waals surface area contributed by atoms with Crippen molar-refractivity contribution in [2.24, 2.45) is 0 Å². The first-order valence-electron chi connectivity index (χ1n) is 6.39. The summed E-state index contributed by atoms with van der Waals surface area (Å²) in [5, 5.41) is 10.5. The number of hydrogen-bond acceptors (Lipinski definition) is 4. The molecule has 0 unspecified atom stereocenters. The summed E-state index contributed by atoms with van der Waals surface area (Å²) in [4.78, 5) is 23.3. The minimum atomic E-state index is -0.977. The van der Waals surface area contributed by atoms with Gasteiger partial charge in [-0.25, -0.2) is 0 Å². The number of halogens is 1. The smallest absolute Gasteiger partial charge is 0.305 e. The predicted molar refractivity (Wildman–Crippen MR) is 69.0 cm³/mol. The van der Waals surface area contributed by atoms with Gasteiger partial charge in [0.25, 0.3) is 5.91 Å². The maximum Gasteiger partial charge on any atom is 0.305 e. The highest BCUT2D eigenvalue weighted by molar-refractivity contribution is 5.78. The van der Waals surface area contributed by atoms with Crippen LogP contribution in [0.1, 0.15) is 19.8 Å². The lowest BCUT2D eigenvalue weighted by Crippen LogP contribution is -2.36. The molecule has 0 aromatic heterocycles. The van der Waals surface area contributed by atoms with Crippen LogP contribution in [-0.2, 0) is 4.79 Å². The van der Waals surface area contributed by atoms with Gasteiger partial charge in [-0.15, -0.1) is 0 Å². The molecule has 0 N–H and O–H groups in total. The number of nitrogens with zero attached hydrogens (tertiary/aromatic N) is 2. The van der Waals surface area contributed by atoms with E-state index in [1.807, 2.05) is 6.92 Å². The fourth-order valence-electron chi connectivity index (χ4n) is 1.98. The predicted octanol–water partition coefficient (Wildman–Crippen LogP) is 2.12. The van der Waals surface area contributed by atoms with Crippen LogP contribution in [0.15, 0.2) is 18.2 Å². The van der Waals surface area contributed by atoms with E-state index in [1.165, 1.54) is 6.07 Å². The molecule has 1 amide bonds. The monoisotopic (exact) mass is 282 g/mol. The van der Waals surface area contributed by atoms with E-state index in [2.05, 4.69) is 0 Å². The molecule has 0 spiro atoms. The second-order valence-electron chi connectivity index (χ2n) is 4.57. The SMILES string of the molecule is CCN(C(=O)COc1ccc([N+](=O)[O-])c(F)c1)C1CC1. The maximum atomic E-state index is 13.4. The van der Waals surface area contributed by atoms with Gasteiger partial charge >= 0.3 is 5.69 Å². The van der Waals surface area contributed by atoms with Gasteiger partial charge in [-0.05, 0) is 25.8 Å². The fraction of sp³-hybridized carbons (Fsp3) is 0.462. The zero-order chi connectivity index (χ0) is 14.7. The summed E-state index contributed by atoms with van der Waals surface area (Å²) in [6, 6.07) is 3.51. The molecule has 1 aliphatic rings. The molecule has 1 saturated carbocycles. The molecule has 1 aromatic carbocycles. The maximum absolute atomic E-state index is 13.4. The van der Waals surface area contributed by atoms with Gasteiger partial charge in [-0.2, -0.15) is 4.39 Å². The van der Waals surface area contributed by atoms with Crippen LogP contribution in [0.2, 0.25) is 0 Å². The molecule has 0 bridgehead atoms. The summed E-state index contributed by atoms with van der Waals surface area (Å²) >= 11 is 0. The minimum Gasteiger partial charge on any atom is -0.484 e. The van der Waals surface area contributed by atoms with Gasteiger partial charge in [-0.3, -0.25) is 14.9 Å². The molecule has 0 radical (unpaired) electrons. The first-order valence-corrected chi connectivity index (χ1v) is 6.39. The number of amides is 1. The van der Waals surface area contributed by atoms with Gasteiger partial charge in [-0.1, -0.05) is 0 Å². The molecule has 2 rings (SSSR count). The van der Waals surface area contributed by atoms with Crippen LogP contribution < -0.4 is 4.74 Å². The topological polar surface area (TPSA) is 72.7 Å². The highest BCUT2D eigenvalue weighted by atomic mass is 19.1. The molecule has 0 aliphatic heterocycles. The number of nitro benzene ring substituents is 1. The summed E-state index contributed by atoms with van der Waals surface area (Å²) in [5.74, 6) is -1.03. The van der Waals surface area contributed by atoms with Crippen molar-refractivity contribution in [3.8, 4) is 5.75 Å². The highest BCUT2D eigenvalue weighted by Gasteiger charge is 2.31. The number of carbonyl (C=O) groups excluding carboxylic acids is 1. The Kier molecular flexibility index (Phi) is 4.16. The van der Waals surface area contributed by atoms with Crippen molar-refractivity contribution in [1.29, 1.82) is 0 Å². The van der Waals surface area contributed by atoms with E-state index < -0.39 is 16.4 Å². The van der Waals surface area contributed by atoms with Crippen molar-refractivity contribution in [2.45, 2.75) is 25.8 Å². The molecule has 0 heterocycles. The second-order valence-corrected chi connectivity index (χ2v) is 4.57.